The highest BCUT2D eigenvalue weighted by molar-refractivity contribution is 7.13. The Kier molecular flexibility index (Phi) is 7.25. The lowest BCUT2D eigenvalue weighted by molar-refractivity contribution is -0.115. The highest BCUT2D eigenvalue weighted by Crippen LogP contribution is 2.26. The summed E-state index contributed by atoms with van der Waals surface area (Å²) in [5.41, 5.74) is 3.70. The molecule has 0 bridgehead atoms. The minimum atomic E-state index is -0.154. The third-order valence-corrected chi connectivity index (χ3v) is 6.59. The van der Waals surface area contributed by atoms with Crippen LogP contribution in [0.4, 0.5) is 5.69 Å². The van der Waals surface area contributed by atoms with Crippen molar-refractivity contribution in [3.63, 3.8) is 0 Å². The molecule has 1 saturated heterocycles. The lowest BCUT2D eigenvalue weighted by Gasteiger charge is -2.32. The third kappa shape index (κ3) is 6.28. The topological polar surface area (TPSA) is 48.5 Å². The van der Waals surface area contributed by atoms with E-state index in [2.05, 4.69) is 51.4 Å². The Bertz CT molecular complexity index is 1040. The minimum Gasteiger partial charge on any atom is -0.326 e. The summed E-state index contributed by atoms with van der Waals surface area (Å²) in [6.45, 7) is 5.35. The predicted octanol–water partition coefficient (Wildman–Crippen LogP) is 5.05. The van der Waals surface area contributed by atoms with Crippen LogP contribution in [0.3, 0.4) is 0 Å². The number of anilines is 1. The molecule has 5 nitrogen and oxygen atoms in total. The molecule has 1 aliphatic heterocycles. The molecule has 1 amide bonds. The number of likely N-dealkylation sites (N-methyl/N-ethyl adjacent to an activating group) is 1. The number of piperazine rings is 1. The largest absolute Gasteiger partial charge is 0.326 e. The van der Waals surface area contributed by atoms with Crippen molar-refractivity contribution in [2.24, 2.45) is 0 Å². The zero-order chi connectivity index (χ0) is 21.8. The number of thiazole rings is 1. The van der Waals surface area contributed by atoms with E-state index in [1.165, 1.54) is 5.56 Å². The van der Waals surface area contributed by atoms with Crippen LogP contribution in [0, 0.1) is 0 Å². The van der Waals surface area contributed by atoms with E-state index >= 15 is 0 Å². The quantitative estimate of drug-likeness (QED) is 0.543. The summed E-state index contributed by atoms with van der Waals surface area (Å²) in [7, 11) is 2.17. The van der Waals surface area contributed by atoms with Crippen molar-refractivity contribution in [1.29, 1.82) is 0 Å². The number of carbonyl (C=O) groups excluding carboxylic acids is 1. The molecule has 2 heterocycles. The van der Waals surface area contributed by atoms with E-state index < -0.39 is 0 Å². The maximum absolute atomic E-state index is 12.4. The SMILES string of the molecule is CN1CCN(Cc2cccc(-c3nc(CC(=O)Nc4cc(Cl)cc(Cl)c4)cs3)c2)CC1. The smallest absolute Gasteiger partial charge is 0.230 e. The van der Waals surface area contributed by atoms with Gasteiger partial charge in [0.05, 0.1) is 12.1 Å². The Labute approximate surface area is 196 Å². The molecule has 1 aliphatic rings. The van der Waals surface area contributed by atoms with E-state index in [1.54, 1.807) is 29.5 Å². The van der Waals surface area contributed by atoms with Gasteiger partial charge in [-0.3, -0.25) is 9.69 Å². The van der Waals surface area contributed by atoms with E-state index in [0.717, 1.165) is 49.0 Å². The number of benzene rings is 2. The number of rotatable bonds is 6. The summed E-state index contributed by atoms with van der Waals surface area (Å²) in [6, 6.07) is 13.5. The Morgan fingerprint density at radius 3 is 2.58 bits per heavy atom. The van der Waals surface area contributed by atoms with Gasteiger partial charge in [0.15, 0.2) is 0 Å². The van der Waals surface area contributed by atoms with E-state index in [-0.39, 0.29) is 12.3 Å². The fourth-order valence-electron chi connectivity index (χ4n) is 3.58. The molecule has 2 aromatic carbocycles. The highest BCUT2D eigenvalue weighted by Gasteiger charge is 2.15. The van der Waals surface area contributed by atoms with Crippen LogP contribution in [-0.4, -0.2) is 53.9 Å². The maximum atomic E-state index is 12.4. The van der Waals surface area contributed by atoms with Gasteiger partial charge in [-0.15, -0.1) is 11.3 Å². The summed E-state index contributed by atoms with van der Waals surface area (Å²) in [4.78, 5) is 21.9. The normalized spacial score (nSPS) is 15.2. The van der Waals surface area contributed by atoms with Gasteiger partial charge in [0, 0.05) is 59.4 Å². The molecule has 1 aromatic heterocycles. The Morgan fingerprint density at radius 2 is 1.84 bits per heavy atom. The molecule has 0 atom stereocenters. The van der Waals surface area contributed by atoms with Crippen molar-refractivity contribution in [2.45, 2.75) is 13.0 Å². The van der Waals surface area contributed by atoms with Crippen LogP contribution in [0.1, 0.15) is 11.3 Å². The minimum absolute atomic E-state index is 0.154. The molecule has 3 aromatic rings. The van der Waals surface area contributed by atoms with Crippen molar-refractivity contribution in [3.05, 3.63) is 69.1 Å². The molecule has 4 rings (SSSR count). The summed E-state index contributed by atoms with van der Waals surface area (Å²) >= 11 is 13.5. The standard InChI is InChI=1S/C23H24Cl2N4OS/c1-28-5-7-29(8-6-28)14-16-3-2-4-17(9-16)23-27-21(15-31-23)13-22(30)26-20-11-18(24)10-19(25)12-20/h2-4,9-12,15H,5-8,13-14H2,1H3,(H,26,30). The molecule has 1 N–H and O–H groups in total. The van der Waals surface area contributed by atoms with Crippen LogP contribution in [0.25, 0.3) is 10.6 Å². The van der Waals surface area contributed by atoms with Crippen molar-refractivity contribution in [3.8, 4) is 10.6 Å². The summed E-state index contributed by atoms with van der Waals surface area (Å²) in [5, 5.41) is 6.65. The number of halogens is 2. The van der Waals surface area contributed by atoms with Crippen LogP contribution in [0.2, 0.25) is 10.0 Å². The number of hydrogen-bond acceptors (Lipinski definition) is 5. The van der Waals surface area contributed by atoms with E-state index in [1.807, 2.05) is 5.38 Å². The molecule has 0 unspecified atom stereocenters. The Balaban J connectivity index is 1.38. The van der Waals surface area contributed by atoms with Crippen LogP contribution < -0.4 is 5.32 Å². The van der Waals surface area contributed by atoms with Gasteiger partial charge >= 0.3 is 0 Å². The fraction of sp³-hybridized carbons (Fsp3) is 0.304. The lowest BCUT2D eigenvalue weighted by Crippen LogP contribution is -2.43. The van der Waals surface area contributed by atoms with Crippen LogP contribution in [-0.2, 0) is 17.8 Å². The number of amides is 1. The van der Waals surface area contributed by atoms with Crippen molar-refractivity contribution < 1.29 is 4.79 Å². The average Bonchev–Trinajstić information content (AvgIpc) is 3.17. The summed E-state index contributed by atoms with van der Waals surface area (Å²) in [6.07, 6.45) is 0.196. The second-order valence-electron chi connectivity index (χ2n) is 7.81. The number of nitrogens with zero attached hydrogens (tertiary/aromatic N) is 3. The molecule has 31 heavy (non-hydrogen) atoms. The van der Waals surface area contributed by atoms with E-state index in [9.17, 15) is 4.79 Å². The number of aromatic nitrogens is 1. The second-order valence-corrected chi connectivity index (χ2v) is 9.54. The summed E-state index contributed by atoms with van der Waals surface area (Å²) < 4.78 is 0. The molecular formula is C23H24Cl2N4OS. The lowest BCUT2D eigenvalue weighted by atomic mass is 10.1. The molecule has 0 aliphatic carbocycles. The van der Waals surface area contributed by atoms with Gasteiger partial charge in [0.2, 0.25) is 5.91 Å². The molecule has 0 spiro atoms. The van der Waals surface area contributed by atoms with Gasteiger partial charge < -0.3 is 10.2 Å². The van der Waals surface area contributed by atoms with Gasteiger partial charge in [-0.25, -0.2) is 4.98 Å². The van der Waals surface area contributed by atoms with Crippen LogP contribution >= 0.6 is 34.5 Å². The zero-order valence-corrected chi connectivity index (χ0v) is 19.6. The summed E-state index contributed by atoms with van der Waals surface area (Å²) in [5.74, 6) is -0.154. The van der Waals surface area contributed by atoms with E-state index in [4.69, 9.17) is 23.2 Å². The first-order valence-corrected chi connectivity index (χ1v) is 11.8. The molecular weight excluding hydrogens is 451 g/mol. The highest BCUT2D eigenvalue weighted by atomic mass is 35.5. The Hall–Kier alpha value is -1.96. The average molecular weight is 475 g/mol. The van der Waals surface area contributed by atoms with Crippen LogP contribution in [0.5, 0.6) is 0 Å². The zero-order valence-electron chi connectivity index (χ0n) is 17.3. The van der Waals surface area contributed by atoms with Gasteiger partial charge in [0.25, 0.3) is 0 Å². The second kappa shape index (κ2) is 10.1. The number of carbonyl (C=O) groups is 1. The van der Waals surface area contributed by atoms with Crippen molar-refractivity contribution in [2.75, 3.05) is 38.5 Å². The molecule has 8 heteroatoms. The predicted molar refractivity (Wildman–Crippen MR) is 129 cm³/mol. The molecule has 162 valence electrons. The van der Waals surface area contributed by atoms with Crippen LogP contribution in [0.15, 0.2) is 47.8 Å². The monoisotopic (exact) mass is 474 g/mol. The van der Waals surface area contributed by atoms with E-state index in [0.29, 0.717) is 15.7 Å². The first-order chi connectivity index (χ1) is 14.9. The molecule has 0 saturated carbocycles. The number of hydrogen-bond donors (Lipinski definition) is 1. The van der Waals surface area contributed by atoms with Gasteiger partial charge in [-0.1, -0.05) is 41.4 Å². The van der Waals surface area contributed by atoms with Gasteiger partial charge in [-0.2, -0.15) is 0 Å². The number of nitrogens with one attached hydrogen (secondary N) is 1. The fourth-order valence-corrected chi connectivity index (χ4v) is 4.93. The maximum Gasteiger partial charge on any atom is 0.230 e. The Morgan fingerprint density at radius 1 is 1.10 bits per heavy atom. The van der Waals surface area contributed by atoms with Crippen molar-refractivity contribution >= 4 is 46.1 Å². The van der Waals surface area contributed by atoms with Gasteiger partial charge in [0.1, 0.15) is 5.01 Å². The van der Waals surface area contributed by atoms with Gasteiger partial charge in [-0.05, 0) is 36.9 Å². The third-order valence-electron chi connectivity index (χ3n) is 5.22. The van der Waals surface area contributed by atoms with Crippen molar-refractivity contribution in [1.82, 2.24) is 14.8 Å². The molecule has 0 radical (unpaired) electrons. The first kappa shape index (κ1) is 22.2. The molecule has 1 fully saturated rings. The first-order valence-electron chi connectivity index (χ1n) is 10.2.